The van der Waals surface area contributed by atoms with E-state index >= 15 is 0 Å². The third kappa shape index (κ3) is 3.40. The van der Waals surface area contributed by atoms with E-state index in [4.69, 9.17) is 0 Å². The molecule has 2 unspecified atom stereocenters. The number of hydrogen-bond donors (Lipinski definition) is 1. The molecule has 1 fully saturated rings. The zero-order valence-corrected chi connectivity index (χ0v) is 8.34. The highest BCUT2D eigenvalue weighted by Crippen LogP contribution is 2.16. The van der Waals surface area contributed by atoms with Crippen molar-refractivity contribution < 1.29 is 0 Å². The second kappa shape index (κ2) is 5.36. The van der Waals surface area contributed by atoms with Crippen LogP contribution in [0.1, 0.15) is 33.1 Å². The van der Waals surface area contributed by atoms with E-state index < -0.39 is 0 Å². The molecule has 0 saturated carbocycles. The molecule has 1 saturated heterocycles. The van der Waals surface area contributed by atoms with Gasteiger partial charge in [0.25, 0.3) is 0 Å². The van der Waals surface area contributed by atoms with Crippen LogP contribution in [0.4, 0.5) is 0 Å². The van der Waals surface area contributed by atoms with Crippen LogP contribution in [0, 0.1) is 11.8 Å². The Balaban J connectivity index is 2.30. The molecule has 1 heterocycles. The standard InChI is InChI=1S/C11H21N/c1-3-5-11-7-4-6-10(2)8-12-9-11/h3,5,10-12H,4,6-9H2,1-2H3/b5-3-. The Bertz CT molecular complexity index is 130. The molecule has 0 aliphatic carbocycles. The van der Waals surface area contributed by atoms with Gasteiger partial charge in [-0.3, -0.25) is 0 Å². The summed E-state index contributed by atoms with van der Waals surface area (Å²) in [6, 6.07) is 0. The van der Waals surface area contributed by atoms with Crippen LogP contribution in [-0.4, -0.2) is 13.1 Å². The molecule has 70 valence electrons. The summed E-state index contributed by atoms with van der Waals surface area (Å²) in [5, 5.41) is 3.52. The van der Waals surface area contributed by atoms with Gasteiger partial charge in [0.15, 0.2) is 0 Å². The Morgan fingerprint density at radius 3 is 2.83 bits per heavy atom. The molecule has 12 heavy (non-hydrogen) atoms. The summed E-state index contributed by atoms with van der Waals surface area (Å²) in [7, 11) is 0. The van der Waals surface area contributed by atoms with Crippen molar-refractivity contribution in [2.24, 2.45) is 11.8 Å². The van der Waals surface area contributed by atoms with E-state index in [1.807, 2.05) is 0 Å². The smallest absolute Gasteiger partial charge is 0.00143 e. The largest absolute Gasteiger partial charge is 0.316 e. The van der Waals surface area contributed by atoms with Gasteiger partial charge in [-0.2, -0.15) is 0 Å². The molecule has 0 aromatic rings. The Hall–Kier alpha value is -0.300. The highest BCUT2D eigenvalue weighted by atomic mass is 14.9. The van der Waals surface area contributed by atoms with Crippen molar-refractivity contribution in [2.45, 2.75) is 33.1 Å². The Kier molecular flexibility index (Phi) is 4.37. The molecule has 0 bridgehead atoms. The summed E-state index contributed by atoms with van der Waals surface area (Å²) in [5.41, 5.74) is 0. The van der Waals surface area contributed by atoms with Crippen molar-refractivity contribution in [1.82, 2.24) is 5.32 Å². The third-order valence-corrected chi connectivity index (χ3v) is 2.64. The molecule has 1 aliphatic rings. The summed E-state index contributed by atoms with van der Waals surface area (Å²) < 4.78 is 0. The molecule has 1 aliphatic heterocycles. The van der Waals surface area contributed by atoms with Gasteiger partial charge in [-0.15, -0.1) is 0 Å². The molecule has 0 aromatic carbocycles. The molecule has 1 heteroatoms. The lowest BCUT2D eigenvalue weighted by Crippen LogP contribution is -2.28. The Labute approximate surface area is 76.2 Å². The summed E-state index contributed by atoms with van der Waals surface area (Å²) in [6.07, 6.45) is 8.67. The van der Waals surface area contributed by atoms with E-state index in [1.54, 1.807) is 0 Å². The quantitative estimate of drug-likeness (QED) is 0.592. The van der Waals surface area contributed by atoms with Crippen molar-refractivity contribution in [3.8, 4) is 0 Å². The lowest BCUT2D eigenvalue weighted by Gasteiger charge is -2.21. The monoisotopic (exact) mass is 167 g/mol. The van der Waals surface area contributed by atoms with E-state index in [0.717, 1.165) is 11.8 Å². The normalized spacial score (nSPS) is 33.2. The van der Waals surface area contributed by atoms with Gasteiger partial charge in [-0.1, -0.05) is 25.5 Å². The van der Waals surface area contributed by atoms with Crippen molar-refractivity contribution in [1.29, 1.82) is 0 Å². The maximum absolute atomic E-state index is 3.52. The molecule has 1 nitrogen and oxygen atoms in total. The van der Waals surface area contributed by atoms with Gasteiger partial charge in [0.05, 0.1) is 0 Å². The minimum atomic E-state index is 0.780. The van der Waals surface area contributed by atoms with Crippen molar-refractivity contribution in [3.05, 3.63) is 12.2 Å². The zero-order chi connectivity index (χ0) is 8.81. The van der Waals surface area contributed by atoms with Gasteiger partial charge in [0, 0.05) is 6.54 Å². The van der Waals surface area contributed by atoms with E-state index in [9.17, 15) is 0 Å². The fourth-order valence-electron chi connectivity index (χ4n) is 1.88. The highest BCUT2D eigenvalue weighted by molar-refractivity contribution is 4.87. The average Bonchev–Trinajstić information content (AvgIpc) is 2.00. The SMILES string of the molecule is C/C=C\C1CCCC(C)CNC1. The maximum atomic E-state index is 3.52. The maximum Gasteiger partial charge on any atom is 0.00143 e. The van der Waals surface area contributed by atoms with Gasteiger partial charge in [-0.25, -0.2) is 0 Å². The summed E-state index contributed by atoms with van der Waals surface area (Å²) in [6.45, 7) is 6.83. The number of nitrogens with one attached hydrogen (secondary N) is 1. The second-order valence-corrected chi connectivity index (χ2v) is 3.98. The van der Waals surface area contributed by atoms with E-state index in [0.29, 0.717) is 0 Å². The molecule has 2 atom stereocenters. The average molecular weight is 167 g/mol. The first-order valence-electron chi connectivity index (χ1n) is 5.16. The lowest BCUT2D eigenvalue weighted by molar-refractivity contribution is 0.381. The predicted molar refractivity (Wildman–Crippen MR) is 54.2 cm³/mol. The molecule has 0 radical (unpaired) electrons. The van der Waals surface area contributed by atoms with Crippen LogP contribution in [0.5, 0.6) is 0 Å². The highest BCUT2D eigenvalue weighted by Gasteiger charge is 2.10. The second-order valence-electron chi connectivity index (χ2n) is 3.98. The fourth-order valence-corrected chi connectivity index (χ4v) is 1.88. The van der Waals surface area contributed by atoms with Gasteiger partial charge in [-0.05, 0) is 38.1 Å². The van der Waals surface area contributed by atoms with Crippen LogP contribution in [-0.2, 0) is 0 Å². The van der Waals surface area contributed by atoms with Gasteiger partial charge < -0.3 is 5.32 Å². The molecular formula is C11H21N. The zero-order valence-electron chi connectivity index (χ0n) is 8.34. The Morgan fingerprint density at radius 1 is 1.25 bits per heavy atom. The first-order valence-corrected chi connectivity index (χ1v) is 5.16. The van der Waals surface area contributed by atoms with E-state index in [1.165, 1.54) is 32.4 Å². The van der Waals surface area contributed by atoms with Crippen molar-refractivity contribution in [3.63, 3.8) is 0 Å². The summed E-state index contributed by atoms with van der Waals surface area (Å²) >= 11 is 0. The van der Waals surface area contributed by atoms with Crippen molar-refractivity contribution in [2.75, 3.05) is 13.1 Å². The van der Waals surface area contributed by atoms with Crippen LogP contribution in [0.15, 0.2) is 12.2 Å². The molecule has 0 aromatic heterocycles. The lowest BCUT2D eigenvalue weighted by atomic mass is 9.94. The van der Waals surface area contributed by atoms with Gasteiger partial charge in [0.1, 0.15) is 0 Å². The first-order chi connectivity index (χ1) is 5.83. The van der Waals surface area contributed by atoms with E-state index in [2.05, 4.69) is 31.3 Å². The van der Waals surface area contributed by atoms with Crippen LogP contribution < -0.4 is 5.32 Å². The topological polar surface area (TPSA) is 12.0 Å². The first kappa shape index (κ1) is 9.79. The van der Waals surface area contributed by atoms with Gasteiger partial charge >= 0.3 is 0 Å². The molecule has 0 amide bonds. The number of rotatable bonds is 1. The van der Waals surface area contributed by atoms with Crippen LogP contribution in [0.3, 0.4) is 0 Å². The van der Waals surface area contributed by atoms with Crippen molar-refractivity contribution >= 4 is 0 Å². The Morgan fingerprint density at radius 2 is 2.08 bits per heavy atom. The molecule has 1 N–H and O–H groups in total. The predicted octanol–water partition coefficient (Wildman–Crippen LogP) is 2.59. The minimum absolute atomic E-state index is 0.780. The van der Waals surface area contributed by atoms with Crippen LogP contribution >= 0.6 is 0 Å². The molecular weight excluding hydrogens is 146 g/mol. The third-order valence-electron chi connectivity index (χ3n) is 2.64. The minimum Gasteiger partial charge on any atom is -0.316 e. The molecule has 0 spiro atoms. The molecule has 1 rings (SSSR count). The van der Waals surface area contributed by atoms with E-state index in [-0.39, 0.29) is 0 Å². The number of hydrogen-bond acceptors (Lipinski definition) is 1. The van der Waals surface area contributed by atoms with Crippen LogP contribution in [0.2, 0.25) is 0 Å². The summed E-state index contributed by atoms with van der Waals surface area (Å²) in [4.78, 5) is 0. The number of allylic oxidation sites excluding steroid dienone is 1. The van der Waals surface area contributed by atoms with Crippen LogP contribution in [0.25, 0.3) is 0 Å². The summed E-state index contributed by atoms with van der Waals surface area (Å²) in [5.74, 6) is 1.65. The fraction of sp³-hybridized carbons (Fsp3) is 0.818. The van der Waals surface area contributed by atoms with Gasteiger partial charge in [0.2, 0.25) is 0 Å².